The minimum Gasteiger partial charge on any atom is -0.462 e. The molecule has 0 saturated carbocycles. The molecule has 7 nitrogen and oxygen atoms in total. The maximum atomic E-state index is 12.0. The van der Waals surface area contributed by atoms with E-state index < -0.39 is 5.97 Å². The Balaban J connectivity index is 2.35. The van der Waals surface area contributed by atoms with E-state index in [9.17, 15) is 10.1 Å². The molecule has 0 aliphatic rings. The van der Waals surface area contributed by atoms with Gasteiger partial charge in [-0.3, -0.25) is 5.43 Å². The van der Waals surface area contributed by atoms with Crippen molar-refractivity contribution in [2.75, 3.05) is 12.0 Å². The van der Waals surface area contributed by atoms with Crippen LogP contribution in [0, 0.1) is 18.3 Å². The number of carbonyl (C=O) groups is 1. The van der Waals surface area contributed by atoms with E-state index >= 15 is 0 Å². The van der Waals surface area contributed by atoms with Crippen molar-refractivity contribution < 1.29 is 14.1 Å². The van der Waals surface area contributed by atoms with Gasteiger partial charge >= 0.3 is 5.97 Å². The van der Waals surface area contributed by atoms with Gasteiger partial charge in [0.1, 0.15) is 11.6 Å². The normalized spacial score (nSPS) is 11.0. The molecule has 2 rings (SSSR count). The van der Waals surface area contributed by atoms with Gasteiger partial charge in [-0.05, 0) is 32.0 Å². The van der Waals surface area contributed by atoms with Crippen LogP contribution in [0.1, 0.15) is 28.7 Å². The van der Waals surface area contributed by atoms with E-state index in [1.807, 2.05) is 6.07 Å². The highest BCUT2D eigenvalue weighted by Gasteiger charge is 2.25. The molecule has 0 spiro atoms. The number of aryl methyl sites for hydroxylation is 1. The first-order valence-corrected chi connectivity index (χ1v) is 7.56. The van der Waals surface area contributed by atoms with Gasteiger partial charge in [0.25, 0.3) is 0 Å². The van der Waals surface area contributed by atoms with E-state index in [1.165, 1.54) is 6.07 Å². The third-order valence-corrected chi connectivity index (χ3v) is 3.43. The molecule has 9 heteroatoms. The van der Waals surface area contributed by atoms with Crippen molar-refractivity contribution in [2.24, 2.45) is 5.10 Å². The first-order valence-electron chi connectivity index (χ1n) is 6.80. The molecule has 24 heavy (non-hydrogen) atoms. The minimum absolute atomic E-state index is 0.0566. The topological polar surface area (TPSA) is 101 Å². The van der Waals surface area contributed by atoms with Crippen LogP contribution >= 0.6 is 23.2 Å². The van der Waals surface area contributed by atoms with Crippen LogP contribution in [0.5, 0.6) is 0 Å². The lowest BCUT2D eigenvalue weighted by molar-refractivity contribution is 0.0524. The van der Waals surface area contributed by atoms with E-state index in [1.54, 1.807) is 26.0 Å². The Hall–Kier alpha value is -2.56. The van der Waals surface area contributed by atoms with Crippen molar-refractivity contribution in [1.82, 2.24) is 5.16 Å². The average Bonchev–Trinajstić information content (AvgIpc) is 2.92. The summed E-state index contributed by atoms with van der Waals surface area (Å²) < 4.78 is 9.99. The number of rotatable bonds is 5. The number of halogens is 2. The van der Waals surface area contributed by atoms with Crippen LogP contribution in [0.25, 0.3) is 0 Å². The summed E-state index contributed by atoms with van der Waals surface area (Å²) in [6.45, 7) is 3.42. The molecule has 0 aliphatic heterocycles. The van der Waals surface area contributed by atoms with Crippen LogP contribution in [-0.4, -0.2) is 23.4 Å². The lowest BCUT2D eigenvalue weighted by Gasteiger charge is -2.04. The maximum Gasteiger partial charge on any atom is 0.344 e. The van der Waals surface area contributed by atoms with Gasteiger partial charge in [0.15, 0.2) is 0 Å². The molecular weight excluding hydrogens is 355 g/mol. The molecule has 124 valence electrons. The van der Waals surface area contributed by atoms with Crippen LogP contribution in [-0.2, 0) is 4.74 Å². The number of ether oxygens (including phenoxy) is 1. The molecule has 0 bridgehead atoms. The number of anilines is 1. The van der Waals surface area contributed by atoms with E-state index in [2.05, 4.69) is 15.7 Å². The van der Waals surface area contributed by atoms with E-state index in [0.29, 0.717) is 21.4 Å². The van der Waals surface area contributed by atoms with Crippen LogP contribution < -0.4 is 5.43 Å². The smallest absolute Gasteiger partial charge is 0.344 e. The van der Waals surface area contributed by atoms with Crippen molar-refractivity contribution in [1.29, 1.82) is 5.26 Å². The van der Waals surface area contributed by atoms with Gasteiger partial charge in [-0.25, -0.2) is 4.79 Å². The van der Waals surface area contributed by atoms with Gasteiger partial charge < -0.3 is 9.26 Å². The molecule has 1 aromatic carbocycles. The maximum absolute atomic E-state index is 12.0. The molecular formula is C15H12Cl2N4O3. The Labute approximate surface area is 147 Å². The molecule has 0 saturated heterocycles. The van der Waals surface area contributed by atoms with Crippen LogP contribution in [0.3, 0.4) is 0 Å². The van der Waals surface area contributed by atoms with Gasteiger partial charge in [0.2, 0.25) is 11.5 Å². The number of carbonyl (C=O) groups excluding carboxylic acids is 1. The van der Waals surface area contributed by atoms with Crippen LogP contribution in [0.2, 0.25) is 10.0 Å². The van der Waals surface area contributed by atoms with E-state index in [0.717, 1.165) is 0 Å². The molecule has 0 amide bonds. The number of nitrogens with one attached hydrogen (secondary N) is 1. The van der Waals surface area contributed by atoms with Crippen molar-refractivity contribution >= 4 is 40.6 Å². The predicted octanol–water partition coefficient (Wildman–Crippen LogP) is 3.81. The fraction of sp³-hybridized carbons (Fsp3) is 0.200. The lowest BCUT2D eigenvalue weighted by Crippen LogP contribution is -2.11. The number of nitrogens with zero attached hydrogens (tertiary/aromatic N) is 3. The zero-order chi connectivity index (χ0) is 17.7. The number of nitriles is 1. The summed E-state index contributed by atoms with van der Waals surface area (Å²) >= 11 is 11.8. The Morgan fingerprint density at radius 2 is 2.25 bits per heavy atom. The molecule has 0 radical (unpaired) electrons. The molecule has 1 heterocycles. The highest BCUT2D eigenvalue weighted by Crippen LogP contribution is 2.25. The van der Waals surface area contributed by atoms with Gasteiger partial charge in [-0.1, -0.05) is 28.4 Å². The second-order valence-corrected chi connectivity index (χ2v) is 5.34. The second-order valence-electron chi connectivity index (χ2n) is 4.50. The number of hydrogen-bond donors (Lipinski definition) is 1. The summed E-state index contributed by atoms with van der Waals surface area (Å²) in [4.78, 5) is 12.0. The summed E-state index contributed by atoms with van der Waals surface area (Å²) in [6.07, 6.45) is 0. The Bertz CT molecular complexity index is 840. The molecule has 0 unspecified atom stereocenters. The van der Waals surface area contributed by atoms with Crippen LogP contribution in [0.15, 0.2) is 27.8 Å². The largest absolute Gasteiger partial charge is 0.462 e. The zero-order valence-corrected chi connectivity index (χ0v) is 14.3. The van der Waals surface area contributed by atoms with Crippen molar-refractivity contribution in [3.05, 3.63) is 45.3 Å². The minimum atomic E-state index is -0.640. The molecule has 0 fully saturated rings. The average molecular weight is 367 g/mol. The number of hydrazone groups is 1. The quantitative estimate of drug-likeness (QED) is 0.490. The standard InChI is InChI=1S/C15H12Cl2N4O3/c1-3-23-15(22)13-8(2)21-24-14(13)12(7-18)20-19-11-5-4-9(16)6-10(11)17/h4-6,19H,3H2,1-2H3/b20-12+. The first kappa shape index (κ1) is 17.8. The number of esters is 1. The SMILES string of the molecule is CCOC(=O)c1c(C)noc1/C(C#N)=N/Nc1ccc(Cl)cc1Cl. The highest BCUT2D eigenvalue weighted by atomic mass is 35.5. The summed E-state index contributed by atoms with van der Waals surface area (Å²) in [5.74, 6) is -0.718. The Morgan fingerprint density at radius 3 is 2.88 bits per heavy atom. The Morgan fingerprint density at radius 1 is 1.50 bits per heavy atom. The van der Waals surface area contributed by atoms with Gasteiger partial charge in [0.05, 0.1) is 23.0 Å². The van der Waals surface area contributed by atoms with Crippen molar-refractivity contribution in [2.45, 2.75) is 13.8 Å². The summed E-state index contributed by atoms with van der Waals surface area (Å²) in [5.41, 5.74) is 3.25. The number of benzene rings is 1. The number of aromatic nitrogens is 1. The molecule has 0 atom stereocenters. The van der Waals surface area contributed by atoms with Crippen LogP contribution in [0.4, 0.5) is 5.69 Å². The van der Waals surface area contributed by atoms with Gasteiger partial charge in [-0.2, -0.15) is 10.4 Å². The fourth-order valence-corrected chi connectivity index (χ4v) is 2.25. The lowest BCUT2D eigenvalue weighted by atomic mass is 10.1. The van der Waals surface area contributed by atoms with Gasteiger partial charge in [0, 0.05) is 5.02 Å². The Kier molecular flexibility index (Phi) is 5.79. The zero-order valence-electron chi connectivity index (χ0n) is 12.8. The van der Waals surface area contributed by atoms with Gasteiger partial charge in [-0.15, -0.1) is 0 Å². The predicted molar refractivity (Wildman–Crippen MR) is 89.4 cm³/mol. The third kappa shape index (κ3) is 3.85. The number of hydrogen-bond acceptors (Lipinski definition) is 7. The fourth-order valence-electron chi connectivity index (χ4n) is 1.80. The second kappa shape index (κ2) is 7.81. The summed E-state index contributed by atoms with van der Waals surface area (Å²) in [7, 11) is 0. The highest BCUT2D eigenvalue weighted by molar-refractivity contribution is 6.36. The molecule has 0 aliphatic carbocycles. The third-order valence-electron chi connectivity index (χ3n) is 2.88. The first-order chi connectivity index (χ1) is 11.5. The van der Waals surface area contributed by atoms with Crippen molar-refractivity contribution in [3.8, 4) is 6.07 Å². The molecule has 1 aromatic heterocycles. The van der Waals surface area contributed by atoms with E-state index in [-0.39, 0.29) is 23.6 Å². The summed E-state index contributed by atoms with van der Waals surface area (Å²) in [6, 6.07) is 6.58. The monoisotopic (exact) mass is 366 g/mol. The summed E-state index contributed by atoms with van der Waals surface area (Å²) in [5, 5.41) is 17.7. The molecule has 2 aromatic rings. The molecule has 1 N–H and O–H groups in total. The van der Waals surface area contributed by atoms with Crippen molar-refractivity contribution in [3.63, 3.8) is 0 Å². The van der Waals surface area contributed by atoms with E-state index in [4.69, 9.17) is 32.5 Å².